The van der Waals surface area contributed by atoms with Gasteiger partial charge in [0.2, 0.25) is 0 Å². The van der Waals surface area contributed by atoms with Crippen LogP contribution in [0.15, 0.2) is 53.3 Å². The van der Waals surface area contributed by atoms with Gasteiger partial charge in [0, 0.05) is 12.4 Å². The first-order valence-electron chi connectivity index (χ1n) is 7.96. The molecule has 0 atom stereocenters. The summed E-state index contributed by atoms with van der Waals surface area (Å²) in [4.78, 5) is 36.5. The van der Waals surface area contributed by atoms with Crippen LogP contribution >= 0.6 is 0 Å². The molecule has 0 spiro atoms. The molecule has 0 radical (unpaired) electrons. The van der Waals surface area contributed by atoms with Gasteiger partial charge in [-0.05, 0) is 31.2 Å². The van der Waals surface area contributed by atoms with Gasteiger partial charge >= 0.3 is 11.9 Å². The first kappa shape index (κ1) is 17.3. The van der Waals surface area contributed by atoms with Crippen LogP contribution in [-0.4, -0.2) is 28.3 Å². The highest BCUT2D eigenvalue weighted by Crippen LogP contribution is 2.18. The zero-order valence-electron chi connectivity index (χ0n) is 14.3. The van der Waals surface area contributed by atoms with Gasteiger partial charge in [0.1, 0.15) is 5.75 Å². The third kappa shape index (κ3) is 3.32. The molecule has 0 unspecified atom stereocenters. The van der Waals surface area contributed by atoms with E-state index in [9.17, 15) is 14.4 Å². The Kier molecular flexibility index (Phi) is 4.79. The number of rotatable bonds is 4. The Labute approximate surface area is 148 Å². The monoisotopic (exact) mass is 352 g/mol. The van der Waals surface area contributed by atoms with Crippen molar-refractivity contribution in [2.45, 2.75) is 6.92 Å². The Morgan fingerprint density at radius 3 is 2.50 bits per heavy atom. The molecule has 0 saturated carbocycles. The lowest BCUT2D eigenvalue weighted by Crippen LogP contribution is -2.24. The van der Waals surface area contributed by atoms with Gasteiger partial charge in [0.05, 0.1) is 17.6 Å². The van der Waals surface area contributed by atoms with E-state index in [1.165, 1.54) is 13.1 Å². The molecule has 1 heterocycles. The third-order valence-electron chi connectivity index (χ3n) is 3.71. The first-order valence-corrected chi connectivity index (χ1v) is 7.96. The van der Waals surface area contributed by atoms with E-state index in [-0.39, 0.29) is 29.2 Å². The number of fused-ring (bicyclic) bond motifs is 1. The fraction of sp³-hybridized carbons (Fsp3) is 0.158. The van der Waals surface area contributed by atoms with Gasteiger partial charge in [-0.15, -0.1) is 0 Å². The number of ether oxygens (including phenoxy) is 2. The lowest BCUT2D eigenvalue weighted by atomic mass is 10.1. The van der Waals surface area contributed by atoms with E-state index in [0.717, 1.165) is 4.68 Å². The van der Waals surface area contributed by atoms with Crippen LogP contribution in [0.1, 0.15) is 27.8 Å². The van der Waals surface area contributed by atoms with E-state index in [1.807, 2.05) is 0 Å². The van der Waals surface area contributed by atoms with Crippen LogP contribution in [0.5, 0.6) is 5.75 Å². The Hall–Kier alpha value is -3.48. The van der Waals surface area contributed by atoms with Crippen LogP contribution in [0, 0.1) is 0 Å². The maximum atomic E-state index is 12.6. The second-order valence-electron chi connectivity index (χ2n) is 5.46. The average Bonchev–Trinajstić information content (AvgIpc) is 2.65. The van der Waals surface area contributed by atoms with Crippen molar-refractivity contribution < 1.29 is 19.1 Å². The minimum Gasteiger partial charge on any atom is -0.462 e. The number of nitrogens with zero attached hydrogens (tertiary/aromatic N) is 2. The number of carbonyl (C=O) groups is 2. The highest BCUT2D eigenvalue weighted by atomic mass is 16.5. The molecule has 132 valence electrons. The van der Waals surface area contributed by atoms with Crippen LogP contribution in [-0.2, 0) is 11.8 Å². The molecule has 0 N–H and O–H groups in total. The summed E-state index contributed by atoms with van der Waals surface area (Å²) in [6.07, 6.45) is 0. The minimum atomic E-state index is -0.724. The quantitative estimate of drug-likeness (QED) is 0.529. The van der Waals surface area contributed by atoms with Gasteiger partial charge in [-0.25, -0.2) is 14.3 Å². The van der Waals surface area contributed by atoms with E-state index >= 15 is 0 Å². The largest absolute Gasteiger partial charge is 0.462 e. The molecule has 3 rings (SSSR count). The summed E-state index contributed by atoms with van der Waals surface area (Å²) in [6.45, 7) is 1.95. The normalized spacial score (nSPS) is 10.5. The van der Waals surface area contributed by atoms with Crippen LogP contribution < -0.4 is 10.3 Å². The van der Waals surface area contributed by atoms with Crippen molar-refractivity contribution in [3.8, 4) is 5.75 Å². The number of aryl methyl sites for hydroxylation is 1. The molecule has 7 nitrogen and oxygen atoms in total. The lowest BCUT2D eigenvalue weighted by molar-refractivity contribution is 0.0524. The van der Waals surface area contributed by atoms with E-state index in [2.05, 4.69) is 5.10 Å². The van der Waals surface area contributed by atoms with Crippen LogP contribution in [0.4, 0.5) is 0 Å². The van der Waals surface area contributed by atoms with E-state index in [4.69, 9.17) is 9.47 Å². The van der Waals surface area contributed by atoms with Crippen molar-refractivity contribution in [2.75, 3.05) is 6.61 Å². The summed E-state index contributed by atoms with van der Waals surface area (Å²) in [5.74, 6) is -1.05. The molecule has 26 heavy (non-hydrogen) atoms. The van der Waals surface area contributed by atoms with Crippen LogP contribution in [0.2, 0.25) is 0 Å². The predicted molar refractivity (Wildman–Crippen MR) is 94.3 cm³/mol. The van der Waals surface area contributed by atoms with E-state index in [1.54, 1.807) is 49.4 Å². The average molecular weight is 352 g/mol. The van der Waals surface area contributed by atoms with Crippen LogP contribution in [0.25, 0.3) is 10.8 Å². The molecule has 0 amide bonds. The van der Waals surface area contributed by atoms with Gasteiger partial charge in [-0.1, -0.05) is 24.3 Å². The number of hydrogen-bond donors (Lipinski definition) is 0. The molecule has 0 aliphatic carbocycles. The second kappa shape index (κ2) is 7.18. The molecule has 0 bridgehead atoms. The predicted octanol–water partition coefficient (Wildman–Crippen LogP) is 2.33. The van der Waals surface area contributed by atoms with E-state index in [0.29, 0.717) is 10.8 Å². The summed E-state index contributed by atoms with van der Waals surface area (Å²) in [5.41, 5.74) is -0.0128. The van der Waals surface area contributed by atoms with Crippen molar-refractivity contribution in [2.24, 2.45) is 7.05 Å². The molecular weight excluding hydrogens is 336 g/mol. The maximum absolute atomic E-state index is 12.6. The Bertz CT molecular complexity index is 1060. The van der Waals surface area contributed by atoms with Crippen molar-refractivity contribution in [3.05, 3.63) is 70.1 Å². The smallest absolute Gasteiger partial charge is 0.364 e. The zero-order chi connectivity index (χ0) is 18.7. The molecule has 3 aromatic rings. The summed E-state index contributed by atoms with van der Waals surface area (Å²) in [5, 5.41) is 4.80. The maximum Gasteiger partial charge on any atom is 0.364 e. The summed E-state index contributed by atoms with van der Waals surface area (Å²) < 4.78 is 11.4. The van der Waals surface area contributed by atoms with Gasteiger partial charge in [-0.2, -0.15) is 5.10 Å². The molecule has 1 aromatic heterocycles. The Morgan fingerprint density at radius 1 is 1.04 bits per heavy atom. The number of hydrogen-bond acceptors (Lipinski definition) is 6. The highest BCUT2D eigenvalue weighted by Gasteiger charge is 2.18. The van der Waals surface area contributed by atoms with Crippen LogP contribution in [0.3, 0.4) is 0 Å². The van der Waals surface area contributed by atoms with Gasteiger partial charge in [0.15, 0.2) is 5.69 Å². The molecule has 0 aliphatic rings. The van der Waals surface area contributed by atoms with Gasteiger partial charge in [-0.3, -0.25) is 4.79 Å². The summed E-state index contributed by atoms with van der Waals surface area (Å²) >= 11 is 0. The fourth-order valence-corrected chi connectivity index (χ4v) is 2.51. The minimum absolute atomic E-state index is 0.0178. The van der Waals surface area contributed by atoms with Gasteiger partial charge in [0.25, 0.3) is 5.56 Å². The number of aromatic nitrogens is 2. The standard InChI is InChI=1S/C19H16N2O5/c1-3-25-18(23)12-7-6-8-13(11-12)26-19(24)16-14-9-4-5-10-15(14)17(22)21(2)20-16/h4-11H,3H2,1-2H3. The lowest BCUT2D eigenvalue weighted by Gasteiger charge is -2.09. The van der Waals surface area contributed by atoms with Gasteiger partial charge < -0.3 is 9.47 Å². The molecule has 0 aliphatic heterocycles. The SMILES string of the molecule is CCOC(=O)c1cccc(OC(=O)c2nn(C)c(=O)c3ccccc23)c1. The number of benzene rings is 2. The number of esters is 2. The summed E-state index contributed by atoms with van der Waals surface area (Å²) in [7, 11) is 1.47. The fourth-order valence-electron chi connectivity index (χ4n) is 2.51. The Balaban J connectivity index is 1.96. The second-order valence-corrected chi connectivity index (χ2v) is 5.46. The van der Waals surface area contributed by atoms with Crippen molar-refractivity contribution in [1.82, 2.24) is 9.78 Å². The van der Waals surface area contributed by atoms with Crippen molar-refractivity contribution in [3.63, 3.8) is 0 Å². The molecule has 2 aromatic carbocycles. The van der Waals surface area contributed by atoms with E-state index < -0.39 is 11.9 Å². The molecule has 0 fully saturated rings. The van der Waals surface area contributed by atoms with Crippen molar-refractivity contribution in [1.29, 1.82) is 0 Å². The molecule has 7 heteroatoms. The Morgan fingerprint density at radius 2 is 1.77 bits per heavy atom. The first-order chi connectivity index (χ1) is 12.5. The highest BCUT2D eigenvalue weighted by molar-refractivity contribution is 6.03. The third-order valence-corrected chi connectivity index (χ3v) is 3.71. The zero-order valence-corrected chi connectivity index (χ0v) is 14.3. The molecule has 0 saturated heterocycles. The number of carbonyl (C=O) groups excluding carboxylic acids is 2. The topological polar surface area (TPSA) is 87.5 Å². The summed E-state index contributed by atoms with van der Waals surface area (Å²) in [6, 6.07) is 12.8. The molecular formula is C19H16N2O5. The van der Waals surface area contributed by atoms with Crippen molar-refractivity contribution >= 4 is 22.7 Å².